The van der Waals surface area contributed by atoms with Crippen molar-refractivity contribution in [2.75, 3.05) is 18.1 Å². The summed E-state index contributed by atoms with van der Waals surface area (Å²) in [5, 5.41) is 0.961. The summed E-state index contributed by atoms with van der Waals surface area (Å²) in [6.45, 7) is 7.95. The molecule has 0 bridgehead atoms. The first-order chi connectivity index (χ1) is 11.0. The van der Waals surface area contributed by atoms with E-state index in [0.29, 0.717) is 6.04 Å². The molecule has 1 aliphatic heterocycles. The lowest BCUT2D eigenvalue weighted by atomic mass is 10.1. The number of anilines is 1. The highest BCUT2D eigenvalue weighted by Crippen LogP contribution is 2.27. The number of benzene rings is 1. The molecule has 5 heteroatoms. The van der Waals surface area contributed by atoms with Crippen LogP contribution >= 0.6 is 11.8 Å². The van der Waals surface area contributed by atoms with E-state index in [9.17, 15) is 0 Å². The van der Waals surface area contributed by atoms with Gasteiger partial charge >= 0.3 is 0 Å². The van der Waals surface area contributed by atoms with Crippen LogP contribution in [0.2, 0.25) is 0 Å². The van der Waals surface area contributed by atoms with Crippen LogP contribution in [0.5, 0.6) is 0 Å². The van der Waals surface area contributed by atoms with Gasteiger partial charge in [-0.2, -0.15) is 0 Å². The number of morpholine rings is 1. The molecule has 2 heterocycles. The molecule has 0 spiro atoms. The molecular formula is C18H23N3OS. The number of rotatable bonds is 4. The summed E-state index contributed by atoms with van der Waals surface area (Å²) in [4.78, 5) is 11.5. The second-order valence-electron chi connectivity index (χ2n) is 6.54. The first kappa shape index (κ1) is 16.3. The molecule has 0 aliphatic carbocycles. The minimum absolute atomic E-state index is 0.151. The van der Waals surface area contributed by atoms with Gasteiger partial charge in [0.2, 0.25) is 0 Å². The smallest absolute Gasteiger partial charge is 0.148 e. The fourth-order valence-electron chi connectivity index (χ4n) is 2.63. The Bertz CT molecular complexity index is 648. The Morgan fingerprint density at radius 2 is 2.04 bits per heavy atom. The molecule has 3 rings (SSSR count). The quantitative estimate of drug-likeness (QED) is 0.798. The lowest BCUT2D eigenvalue weighted by Crippen LogP contribution is -2.53. The molecule has 1 aromatic carbocycles. The highest BCUT2D eigenvalue weighted by Gasteiger charge is 2.32. The Balaban J connectivity index is 1.71. The van der Waals surface area contributed by atoms with Crippen LogP contribution in [0.25, 0.3) is 0 Å². The summed E-state index contributed by atoms with van der Waals surface area (Å²) in [5.41, 5.74) is 1.15. The molecule has 0 N–H and O–H groups in total. The molecule has 0 saturated carbocycles. The van der Waals surface area contributed by atoms with E-state index < -0.39 is 0 Å². The third kappa shape index (κ3) is 4.24. The van der Waals surface area contributed by atoms with Gasteiger partial charge in [-0.25, -0.2) is 4.98 Å². The fourth-order valence-corrected chi connectivity index (χ4v) is 3.43. The Labute approximate surface area is 142 Å². The van der Waals surface area contributed by atoms with Crippen molar-refractivity contribution in [1.29, 1.82) is 0 Å². The monoisotopic (exact) mass is 329 g/mol. The molecule has 1 saturated heterocycles. The third-order valence-corrected chi connectivity index (χ3v) is 4.89. The minimum Gasteiger partial charge on any atom is -0.372 e. The second-order valence-corrected chi connectivity index (χ2v) is 7.53. The maximum atomic E-state index is 5.87. The van der Waals surface area contributed by atoms with E-state index in [-0.39, 0.29) is 5.60 Å². The number of hydrogen-bond acceptors (Lipinski definition) is 5. The Hall–Kier alpha value is -1.59. The van der Waals surface area contributed by atoms with Gasteiger partial charge in [0.15, 0.2) is 0 Å². The van der Waals surface area contributed by atoms with Crippen LogP contribution in [0.3, 0.4) is 0 Å². The Morgan fingerprint density at radius 3 is 2.83 bits per heavy atom. The van der Waals surface area contributed by atoms with Gasteiger partial charge in [0.25, 0.3) is 0 Å². The van der Waals surface area contributed by atoms with E-state index in [1.54, 1.807) is 11.8 Å². The van der Waals surface area contributed by atoms with Gasteiger partial charge in [-0.3, -0.25) is 4.98 Å². The zero-order valence-corrected chi connectivity index (χ0v) is 14.7. The number of hydrogen-bond donors (Lipinski definition) is 0. The van der Waals surface area contributed by atoms with E-state index in [1.807, 2.05) is 18.5 Å². The molecule has 0 unspecified atom stereocenters. The lowest BCUT2D eigenvalue weighted by molar-refractivity contribution is -0.0424. The van der Waals surface area contributed by atoms with E-state index in [0.717, 1.165) is 29.7 Å². The van der Waals surface area contributed by atoms with Crippen LogP contribution < -0.4 is 4.90 Å². The normalized spacial score (nSPS) is 20.5. The van der Waals surface area contributed by atoms with Gasteiger partial charge in [-0.05, 0) is 26.3 Å². The molecule has 1 fully saturated rings. The molecule has 0 radical (unpaired) electrons. The number of aromatic nitrogens is 2. The van der Waals surface area contributed by atoms with Crippen molar-refractivity contribution in [3.8, 4) is 0 Å². The minimum atomic E-state index is -0.151. The predicted octanol–water partition coefficient (Wildman–Crippen LogP) is 3.77. The van der Waals surface area contributed by atoms with Gasteiger partial charge in [0, 0.05) is 12.3 Å². The second kappa shape index (κ2) is 6.89. The summed E-state index contributed by atoms with van der Waals surface area (Å²) in [6.07, 6.45) is 3.69. The van der Waals surface area contributed by atoms with Crippen LogP contribution in [-0.2, 0) is 10.5 Å². The van der Waals surface area contributed by atoms with Crippen LogP contribution in [-0.4, -0.2) is 34.8 Å². The topological polar surface area (TPSA) is 38.2 Å². The fraction of sp³-hybridized carbons (Fsp3) is 0.444. The summed E-state index contributed by atoms with van der Waals surface area (Å²) < 4.78 is 5.87. The molecule has 1 aliphatic rings. The number of nitrogens with zero attached hydrogens (tertiary/aromatic N) is 3. The molecular weight excluding hydrogens is 306 g/mol. The van der Waals surface area contributed by atoms with Gasteiger partial charge in [0.05, 0.1) is 30.6 Å². The van der Waals surface area contributed by atoms with Crippen molar-refractivity contribution < 1.29 is 4.74 Å². The first-order valence-electron chi connectivity index (χ1n) is 7.93. The van der Waals surface area contributed by atoms with Crippen molar-refractivity contribution >= 4 is 17.6 Å². The molecule has 122 valence electrons. The standard InChI is InChI=1S/C18H23N3OS/c1-14-11-22-18(2,3)13-21(14)16-9-19-10-17(20-16)23-12-15-7-5-4-6-8-15/h4-10,14H,11-13H2,1-3H3/t14-/m0/s1. The number of thioether (sulfide) groups is 1. The van der Waals surface area contributed by atoms with Crippen molar-refractivity contribution in [3.63, 3.8) is 0 Å². The van der Waals surface area contributed by atoms with Crippen LogP contribution in [0.15, 0.2) is 47.8 Å². The number of ether oxygens (including phenoxy) is 1. The zero-order valence-electron chi connectivity index (χ0n) is 13.9. The zero-order chi connectivity index (χ0) is 16.3. The maximum absolute atomic E-state index is 5.87. The van der Waals surface area contributed by atoms with E-state index in [2.05, 4.69) is 54.9 Å². The molecule has 1 aromatic heterocycles. The van der Waals surface area contributed by atoms with Crippen molar-refractivity contribution in [1.82, 2.24) is 9.97 Å². The lowest BCUT2D eigenvalue weighted by Gasteiger charge is -2.43. The van der Waals surface area contributed by atoms with Gasteiger partial charge in [-0.1, -0.05) is 30.3 Å². The van der Waals surface area contributed by atoms with Crippen molar-refractivity contribution in [3.05, 3.63) is 48.3 Å². The highest BCUT2D eigenvalue weighted by molar-refractivity contribution is 7.98. The molecule has 1 atom stereocenters. The van der Waals surface area contributed by atoms with Gasteiger partial charge < -0.3 is 9.64 Å². The predicted molar refractivity (Wildman–Crippen MR) is 94.9 cm³/mol. The molecule has 0 amide bonds. The average molecular weight is 329 g/mol. The first-order valence-corrected chi connectivity index (χ1v) is 8.91. The largest absolute Gasteiger partial charge is 0.372 e. The molecule has 4 nitrogen and oxygen atoms in total. The van der Waals surface area contributed by atoms with E-state index >= 15 is 0 Å². The maximum Gasteiger partial charge on any atom is 0.148 e. The summed E-state index contributed by atoms with van der Waals surface area (Å²) in [5.74, 6) is 1.84. The van der Waals surface area contributed by atoms with Crippen LogP contribution in [0.1, 0.15) is 26.3 Å². The summed E-state index contributed by atoms with van der Waals surface area (Å²) in [7, 11) is 0. The SMILES string of the molecule is C[C@H]1COC(C)(C)CN1c1cncc(SCc2ccccc2)n1. The molecule has 2 aromatic rings. The van der Waals surface area contributed by atoms with Gasteiger partial charge in [-0.15, -0.1) is 11.8 Å². The summed E-state index contributed by atoms with van der Waals surface area (Å²) >= 11 is 1.72. The van der Waals surface area contributed by atoms with Crippen LogP contribution in [0.4, 0.5) is 5.82 Å². The Kier molecular flexibility index (Phi) is 4.87. The van der Waals surface area contributed by atoms with E-state index in [4.69, 9.17) is 9.72 Å². The van der Waals surface area contributed by atoms with E-state index in [1.165, 1.54) is 5.56 Å². The van der Waals surface area contributed by atoms with Gasteiger partial charge in [0.1, 0.15) is 10.8 Å². The highest BCUT2D eigenvalue weighted by atomic mass is 32.2. The average Bonchev–Trinajstić information content (AvgIpc) is 2.56. The molecule has 23 heavy (non-hydrogen) atoms. The van der Waals surface area contributed by atoms with Crippen molar-refractivity contribution in [2.24, 2.45) is 0 Å². The summed E-state index contributed by atoms with van der Waals surface area (Å²) in [6, 6.07) is 10.8. The van der Waals surface area contributed by atoms with Crippen LogP contribution in [0, 0.1) is 0 Å². The van der Waals surface area contributed by atoms with Crippen molar-refractivity contribution in [2.45, 2.75) is 43.2 Å². The Morgan fingerprint density at radius 1 is 1.26 bits per heavy atom. The third-order valence-electron chi connectivity index (χ3n) is 3.92.